The van der Waals surface area contributed by atoms with Crippen LogP contribution in [0.1, 0.15) is 85.0 Å². The monoisotopic (exact) mass is 285 g/mol. The number of rotatable bonds is 12. The lowest BCUT2D eigenvalue weighted by atomic mass is 10.1. The third-order valence-corrected chi connectivity index (χ3v) is 3.23. The molecule has 0 rings (SSSR count). The second-order valence-corrected chi connectivity index (χ2v) is 6.62. The van der Waals surface area contributed by atoms with Crippen LogP contribution in [0.5, 0.6) is 0 Å². The van der Waals surface area contributed by atoms with E-state index in [4.69, 9.17) is 4.74 Å². The van der Waals surface area contributed by atoms with Gasteiger partial charge in [-0.1, -0.05) is 44.9 Å². The van der Waals surface area contributed by atoms with Gasteiger partial charge in [0, 0.05) is 6.42 Å². The zero-order valence-electron chi connectivity index (χ0n) is 14.1. The summed E-state index contributed by atoms with van der Waals surface area (Å²) in [5.74, 6) is -0.0537. The maximum absolute atomic E-state index is 11.5. The molecule has 120 valence electrons. The molecular formula is C17H35NO2. The van der Waals surface area contributed by atoms with Crippen LogP contribution in [0.4, 0.5) is 0 Å². The summed E-state index contributed by atoms with van der Waals surface area (Å²) < 4.78 is 5.29. The van der Waals surface area contributed by atoms with E-state index in [-0.39, 0.29) is 11.6 Å². The Kier molecular flexibility index (Phi) is 11.8. The predicted molar refractivity (Wildman–Crippen MR) is 85.9 cm³/mol. The van der Waals surface area contributed by atoms with Gasteiger partial charge in [0.15, 0.2) is 0 Å². The molecule has 0 heterocycles. The standard InChI is InChI=1S/C17H35NO2/c1-17(2,3)20-16(19)14-12-10-8-6-5-7-9-11-13-15-18-4/h18H,5-15H2,1-4H3. The summed E-state index contributed by atoms with van der Waals surface area (Å²) in [4.78, 5) is 11.5. The minimum atomic E-state index is -0.343. The molecular weight excluding hydrogens is 250 g/mol. The molecule has 0 aromatic carbocycles. The van der Waals surface area contributed by atoms with Crippen LogP contribution in [0, 0.1) is 0 Å². The van der Waals surface area contributed by atoms with Crippen LogP contribution in [-0.4, -0.2) is 25.2 Å². The normalized spacial score (nSPS) is 11.6. The molecule has 0 radical (unpaired) electrons. The SMILES string of the molecule is CNCCCCCCCCCCCC(=O)OC(C)(C)C. The molecule has 0 bridgehead atoms. The molecule has 0 fully saturated rings. The van der Waals surface area contributed by atoms with E-state index in [1.54, 1.807) is 0 Å². The highest BCUT2D eigenvalue weighted by Crippen LogP contribution is 2.13. The fraction of sp³-hybridized carbons (Fsp3) is 0.941. The number of esters is 1. The molecule has 0 aliphatic heterocycles. The van der Waals surface area contributed by atoms with E-state index < -0.39 is 0 Å². The molecule has 0 atom stereocenters. The first-order valence-electron chi connectivity index (χ1n) is 8.32. The summed E-state index contributed by atoms with van der Waals surface area (Å²) in [7, 11) is 2.01. The molecule has 0 aromatic heterocycles. The first-order chi connectivity index (χ1) is 9.45. The van der Waals surface area contributed by atoms with Gasteiger partial charge >= 0.3 is 5.97 Å². The first-order valence-corrected chi connectivity index (χ1v) is 8.32. The number of unbranched alkanes of at least 4 members (excludes halogenated alkanes) is 8. The topological polar surface area (TPSA) is 38.3 Å². The van der Waals surface area contributed by atoms with Crippen LogP contribution in [0.2, 0.25) is 0 Å². The van der Waals surface area contributed by atoms with Crippen molar-refractivity contribution in [3.63, 3.8) is 0 Å². The Morgan fingerprint density at radius 2 is 1.30 bits per heavy atom. The van der Waals surface area contributed by atoms with E-state index >= 15 is 0 Å². The number of hydrogen-bond acceptors (Lipinski definition) is 3. The summed E-state index contributed by atoms with van der Waals surface area (Å²) in [6.07, 6.45) is 11.9. The molecule has 0 spiro atoms. The Morgan fingerprint density at radius 3 is 1.75 bits per heavy atom. The molecule has 1 N–H and O–H groups in total. The van der Waals surface area contributed by atoms with Gasteiger partial charge in [-0.25, -0.2) is 0 Å². The highest BCUT2D eigenvalue weighted by atomic mass is 16.6. The van der Waals surface area contributed by atoms with Crippen molar-refractivity contribution in [2.75, 3.05) is 13.6 Å². The van der Waals surface area contributed by atoms with Gasteiger partial charge in [0.05, 0.1) is 0 Å². The molecule has 3 heteroatoms. The molecule has 0 aromatic rings. The fourth-order valence-corrected chi connectivity index (χ4v) is 2.20. The van der Waals surface area contributed by atoms with Crippen LogP contribution in [0.3, 0.4) is 0 Å². The number of carbonyl (C=O) groups is 1. The highest BCUT2D eigenvalue weighted by Gasteiger charge is 2.15. The van der Waals surface area contributed by atoms with E-state index in [1.807, 2.05) is 27.8 Å². The van der Waals surface area contributed by atoms with Crippen molar-refractivity contribution < 1.29 is 9.53 Å². The second kappa shape index (κ2) is 12.2. The largest absolute Gasteiger partial charge is 0.460 e. The van der Waals surface area contributed by atoms with Crippen LogP contribution in [0.15, 0.2) is 0 Å². The quantitative estimate of drug-likeness (QED) is 0.425. The maximum Gasteiger partial charge on any atom is 0.306 e. The van der Waals surface area contributed by atoms with Crippen molar-refractivity contribution in [3.8, 4) is 0 Å². The first kappa shape index (κ1) is 19.4. The van der Waals surface area contributed by atoms with E-state index in [1.165, 1.54) is 44.9 Å². The van der Waals surface area contributed by atoms with E-state index in [0.29, 0.717) is 6.42 Å². The Balaban J connectivity index is 3.19. The Labute approximate surface area is 125 Å². The van der Waals surface area contributed by atoms with Gasteiger partial charge in [0.1, 0.15) is 5.60 Å². The average Bonchev–Trinajstić information content (AvgIpc) is 2.34. The van der Waals surface area contributed by atoms with Crippen molar-refractivity contribution in [3.05, 3.63) is 0 Å². The minimum absolute atomic E-state index is 0.0537. The van der Waals surface area contributed by atoms with Gasteiger partial charge in [-0.3, -0.25) is 4.79 Å². The van der Waals surface area contributed by atoms with Crippen molar-refractivity contribution in [2.24, 2.45) is 0 Å². The zero-order valence-corrected chi connectivity index (χ0v) is 14.1. The zero-order chi connectivity index (χ0) is 15.3. The Morgan fingerprint density at radius 1 is 0.850 bits per heavy atom. The van der Waals surface area contributed by atoms with Crippen LogP contribution < -0.4 is 5.32 Å². The van der Waals surface area contributed by atoms with Crippen molar-refractivity contribution >= 4 is 5.97 Å². The van der Waals surface area contributed by atoms with Crippen molar-refractivity contribution in [2.45, 2.75) is 90.6 Å². The maximum atomic E-state index is 11.5. The Hall–Kier alpha value is -0.570. The van der Waals surface area contributed by atoms with Gasteiger partial charge in [-0.15, -0.1) is 0 Å². The van der Waals surface area contributed by atoms with Gasteiger partial charge < -0.3 is 10.1 Å². The average molecular weight is 285 g/mol. The van der Waals surface area contributed by atoms with E-state index in [0.717, 1.165) is 19.4 Å². The van der Waals surface area contributed by atoms with Gasteiger partial charge in [-0.2, -0.15) is 0 Å². The summed E-state index contributed by atoms with van der Waals surface area (Å²) >= 11 is 0. The van der Waals surface area contributed by atoms with Crippen LogP contribution >= 0.6 is 0 Å². The molecule has 3 nitrogen and oxygen atoms in total. The van der Waals surface area contributed by atoms with Gasteiger partial charge in [-0.05, 0) is 47.2 Å². The summed E-state index contributed by atoms with van der Waals surface area (Å²) in [5, 5.41) is 3.18. The van der Waals surface area contributed by atoms with Gasteiger partial charge in [0.2, 0.25) is 0 Å². The molecule has 20 heavy (non-hydrogen) atoms. The molecule has 0 amide bonds. The summed E-state index contributed by atoms with van der Waals surface area (Å²) in [6.45, 7) is 6.90. The molecule has 0 aliphatic carbocycles. The molecule has 0 aliphatic rings. The number of hydrogen-bond donors (Lipinski definition) is 1. The Bertz CT molecular complexity index is 234. The van der Waals surface area contributed by atoms with Crippen LogP contribution in [0.25, 0.3) is 0 Å². The third-order valence-electron chi connectivity index (χ3n) is 3.23. The second-order valence-electron chi connectivity index (χ2n) is 6.62. The lowest BCUT2D eigenvalue weighted by molar-refractivity contribution is -0.154. The number of nitrogens with one attached hydrogen (secondary N) is 1. The molecule has 0 saturated carbocycles. The summed E-state index contributed by atoms with van der Waals surface area (Å²) in [6, 6.07) is 0. The lowest BCUT2D eigenvalue weighted by Gasteiger charge is -2.19. The van der Waals surface area contributed by atoms with Gasteiger partial charge in [0.25, 0.3) is 0 Å². The minimum Gasteiger partial charge on any atom is -0.460 e. The van der Waals surface area contributed by atoms with Crippen LogP contribution in [-0.2, 0) is 9.53 Å². The predicted octanol–water partition coefficient (Wildman–Crippen LogP) is 4.45. The number of ether oxygens (including phenoxy) is 1. The molecule has 0 saturated heterocycles. The van der Waals surface area contributed by atoms with Crippen molar-refractivity contribution in [1.82, 2.24) is 5.32 Å². The smallest absolute Gasteiger partial charge is 0.306 e. The van der Waals surface area contributed by atoms with Crippen molar-refractivity contribution in [1.29, 1.82) is 0 Å². The lowest BCUT2D eigenvalue weighted by Crippen LogP contribution is -2.23. The van der Waals surface area contributed by atoms with E-state index in [2.05, 4.69) is 5.32 Å². The summed E-state index contributed by atoms with van der Waals surface area (Å²) in [5.41, 5.74) is -0.343. The van der Waals surface area contributed by atoms with E-state index in [9.17, 15) is 4.79 Å². The number of carbonyl (C=O) groups excluding carboxylic acids is 1. The highest BCUT2D eigenvalue weighted by molar-refractivity contribution is 5.69. The molecule has 0 unspecified atom stereocenters. The third kappa shape index (κ3) is 15.5. The fourth-order valence-electron chi connectivity index (χ4n) is 2.20.